The Balaban J connectivity index is 2.35. The normalized spacial score (nSPS) is 16.9. The van der Waals surface area contributed by atoms with E-state index in [4.69, 9.17) is 0 Å². The number of piperidine rings is 1. The second-order valence-corrected chi connectivity index (χ2v) is 3.60. The van der Waals surface area contributed by atoms with Gasteiger partial charge in [0.2, 0.25) is 5.91 Å². The van der Waals surface area contributed by atoms with Crippen LogP contribution in [0.2, 0.25) is 0 Å². The maximum absolute atomic E-state index is 11.8. The second kappa shape index (κ2) is 5.15. The van der Waals surface area contributed by atoms with Gasteiger partial charge in [0, 0.05) is 25.9 Å². The number of halogens is 3. The molecule has 1 rings (SSSR count). The van der Waals surface area contributed by atoms with Crippen LogP contribution in [0.4, 0.5) is 13.2 Å². The van der Waals surface area contributed by atoms with Crippen molar-refractivity contribution in [1.82, 2.24) is 10.2 Å². The van der Waals surface area contributed by atoms with Gasteiger partial charge in [0.15, 0.2) is 0 Å². The molecule has 0 atom stereocenters. The Bertz CT molecular complexity index is 331. The molecule has 5 nitrogen and oxygen atoms in total. The molecule has 0 radical (unpaired) electrons. The van der Waals surface area contributed by atoms with Crippen molar-refractivity contribution in [2.45, 2.75) is 19.0 Å². The fourth-order valence-corrected chi connectivity index (χ4v) is 1.37. The molecule has 0 aliphatic carbocycles. The fraction of sp³-hybridized carbons (Fsp3) is 0.667. The molecule has 0 spiro atoms. The number of hydrogen-bond donors (Lipinski definition) is 1. The number of amides is 2. The summed E-state index contributed by atoms with van der Waals surface area (Å²) in [7, 11) is 0. The number of ketones is 1. The third-order valence-electron chi connectivity index (χ3n) is 2.33. The molecule has 1 fully saturated rings. The van der Waals surface area contributed by atoms with Crippen LogP contribution in [0.3, 0.4) is 0 Å². The van der Waals surface area contributed by atoms with Crippen LogP contribution in [-0.4, -0.2) is 48.3 Å². The highest BCUT2D eigenvalue weighted by Gasteiger charge is 2.38. The van der Waals surface area contributed by atoms with Gasteiger partial charge in [0.05, 0.1) is 6.54 Å². The van der Waals surface area contributed by atoms with Crippen LogP contribution in [0.5, 0.6) is 0 Å². The van der Waals surface area contributed by atoms with Crippen LogP contribution in [0.25, 0.3) is 0 Å². The largest absolute Gasteiger partial charge is 0.471 e. The van der Waals surface area contributed by atoms with Gasteiger partial charge in [-0.25, -0.2) is 0 Å². The predicted molar refractivity (Wildman–Crippen MR) is 49.9 cm³/mol. The van der Waals surface area contributed by atoms with Crippen molar-refractivity contribution < 1.29 is 27.6 Å². The number of hydrogen-bond acceptors (Lipinski definition) is 3. The molecule has 1 saturated heterocycles. The summed E-state index contributed by atoms with van der Waals surface area (Å²) in [5.41, 5.74) is 0. The Labute approximate surface area is 94.9 Å². The van der Waals surface area contributed by atoms with E-state index in [-0.39, 0.29) is 31.7 Å². The van der Waals surface area contributed by atoms with Crippen LogP contribution in [0.1, 0.15) is 12.8 Å². The molecule has 0 bridgehead atoms. The number of alkyl halides is 3. The number of rotatable bonds is 2. The van der Waals surface area contributed by atoms with Gasteiger partial charge in [0.25, 0.3) is 0 Å². The molecular formula is C9H11F3N2O3. The lowest BCUT2D eigenvalue weighted by Crippen LogP contribution is -2.46. The van der Waals surface area contributed by atoms with Crippen molar-refractivity contribution in [2.75, 3.05) is 19.6 Å². The van der Waals surface area contributed by atoms with Gasteiger partial charge in [-0.2, -0.15) is 13.2 Å². The third-order valence-corrected chi connectivity index (χ3v) is 2.33. The van der Waals surface area contributed by atoms with Crippen LogP contribution in [-0.2, 0) is 14.4 Å². The number of nitrogens with zero attached hydrogens (tertiary/aromatic N) is 1. The SMILES string of the molecule is O=C1CCN(C(=O)CNC(=O)C(F)(F)F)CC1. The predicted octanol–water partition coefficient (Wildman–Crippen LogP) is -0.144. The second-order valence-electron chi connectivity index (χ2n) is 3.60. The molecule has 0 saturated carbocycles. The van der Waals surface area contributed by atoms with Gasteiger partial charge in [-0.15, -0.1) is 0 Å². The van der Waals surface area contributed by atoms with Crippen molar-refractivity contribution >= 4 is 17.6 Å². The summed E-state index contributed by atoms with van der Waals surface area (Å²) in [5, 5.41) is 1.49. The quantitative estimate of drug-likeness (QED) is 0.743. The first kappa shape index (κ1) is 13.5. The highest BCUT2D eigenvalue weighted by molar-refractivity contribution is 5.88. The first-order valence-corrected chi connectivity index (χ1v) is 4.95. The zero-order valence-electron chi connectivity index (χ0n) is 8.84. The van der Waals surface area contributed by atoms with Crippen LogP contribution in [0, 0.1) is 0 Å². The molecule has 0 aromatic rings. The highest BCUT2D eigenvalue weighted by atomic mass is 19.4. The van der Waals surface area contributed by atoms with Gasteiger partial charge in [-0.3, -0.25) is 14.4 Å². The molecule has 8 heteroatoms. The van der Waals surface area contributed by atoms with Crippen molar-refractivity contribution in [1.29, 1.82) is 0 Å². The molecule has 1 heterocycles. The lowest BCUT2D eigenvalue weighted by molar-refractivity contribution is -0.174. The summed E-state index contributed by atoms with van der Waals surface area (Å²) in [6.45, 7) is -0.314. The molecule has 0 unspecified atom stereocenters. The minimum Gasteiger partial charge on any atom is -0.340 e. The molecule has 96 valence electrons. The van der Waals surface area contributed by atoms with Crippen molar-refractivity contribution in [3.63, 3.8) is 0 Å². The van der Waals surface area contributed by atoms with E-state index in [1.54, 1.807) is 0 Å². The van der Waals surface area contributed by atoms with Crippen LogP contribution in [0.15, 0.2) is 0 Å². The summed E-state index contributed by atoms with van der Waals surface area (Å²) >= 11 is 0. The minimum atomic E-state index is -4.99. The van der Waals surface area contributed by atoms with Crippen molar-refractivity contribution in [2.24, 2.45) is 0 Å². The molecule has 1 aliphatic heterocycles. The van der Waals surface area contributed by atoms with Gasteiger partial charge in [-0.05, 0) is 0 Å². The number of carbonyl (C=O) groups is 3. The van der Waals surface area contributed by atoms with E-state index < -0.39 is 24.5 Å². The van der Waals surface area contributed by atoms with E-state index in [1.165, 1.54) is 10.2 Å². The first-order chi connectivity index (χ1) is 7.80. The fourth-order valence-electron chi connectivity index (χ4n) is 1.37. The average Bonchev–Trinajstić information content (AvgIpc) is 2.25. The Hall–Kier alpha value is -1.60. The Morgan fingerprint density at radius 2 is 1.76 bits per heavy atom. The number of carbonyl (C=O) groups excluding carboxylic acids is 3. The van der Waals surface area contributed by atoms with Gasteiger partial charge in [0.1, 0.15) is 5.78 Å². The summed E-state index contributed by atoms with van der Waals surface area (Å²) in [5.74, 6) is -2.73. The molecule has 0 aromatic heterocycles. The van der Waals surface area contributed by atoms with E-state index in [2.05, 4.69) is 0 Å². The van der Waals surface area contributed by atoms with Crippen LogP contribution < -0.4 is 5.32 Å². The third kappa shape index (κ3) is 4.04. The Kier molecular flexibility index (Phi) is 4.08. The average molecular weight is 252 g/mol. The molecule has 2 amide bonds. The zero-order valence-corrected chi connectivity index (χ0v) is 8.84. The van der Waals surface area contributed by atoms with Gasteiger partial charge < -0.3 is 10.2 Å². The molecule has 1 aliphatic rings. The summed E-state index contributed by atoms with van der Waals surface area (Å²) in [4.78, 5) is 33.9. The van der Waals surface area contributed by atoms with E-state index in [9.17, 15) is 27.6 Å². The number of Topliss-reactive ketones (excluding diaryl/α,β-unsaturated/α-hetero) is 1. The maximum atomic E-state index is 11.8. The first-order valence-electron chi connectivity index (χ1n) is 4.95. The van der Waals surface area contributed by atoms with E-state index in [1.807, 2.05) is 0 Å². The zero-order chi connectivity index (χ0) is 13.1. The topological polar surface area (TPSA) is 66.5 Å². The van der Waals surface area contributed by atoms with Crippen molar-refractivity contribution in [3.05, 3.63) is 0 Å². The molecular weight excluding hydrogens is 241 g/mol. The van der Waals surface area contributed by atoms with E-state index in [0.29, 0.717) is 0 Å². The maximum Gasteiger partial charge on any atom is 0.471 e. The number of nitrogens with one attached hydrogen (secondary N) is 1. The molecule has 0 aromatic carbocycles. The lowest BCUT2D eigenvalue weighted by Gasteiger charge is -2.26. The molecule has 17 heavy (non-hydrogen) atoms. The van der Waals surface area contributed by atoms with Crippen molar-refractivity contribution in [3.8, 4) is 0 Å². The summed E-state index contributed by atoms with van der Waals surface area (Å²) in [6.07, 6.45) is -4.57. The summed E-state index contributed by atoms with van der Waals surface area (Å²) < 4.78 is 35.4. The highest BCUT2D eigenvalue weighted by Crippen LogP contribution is 2.14. The Morgan fingerprint density at radius 3 is 2.24 bits per heavy atom. The van der Waals surface area contributed by atoms with E-state index in [0.717, 1.165) is 0 Å². The minimum absolute atomic E-state index is 0.0216. The Morgan fingerprint density at radius 1 is 1.24 bits per heavy atom. The smallest absolute Gasteiger partial charge is 0.340 e. The van der Waals surface area contributed by atoms with Gasteiger partial charge in [-0.1, -0.05) is 0 Å². The summed E-state index contributed by atoms with van der Waals surface area (Å²) in [6, 6.07) is 0. The lowest BCUT2D eigenvalue weighted by atomic mass is 10.1. The number of likely N-dealkylation sites (tertiary alicyclic amines) is 1. The standard InChI is InChI=1S/C9H11F3N2O3/c10-9(11,12)8(17)13-5-7(16)14-3-1-6(15)2-4-14/h1-5H2,(H,13,17). The van der Waals surface area contributed by atoms with E-state index >= 15 is 0 Å². The van der Waals surface area contributed by atoms with Crippen LogP contribution >= 0.6 is 0 Å². The van der Waals surface area contributed by atoms with Gasteiger partial charge >= 0.3 is 12.1 Å². The monoisotopic (exact) mass is 252 g/mol. The molecule has 1 N–H and O–H groups in total.